The van der Waals surface area contributed by atoms with Crippen LogP contribution in [0.15, 0.2) is 42.5 Å². The van der Waals surface area contributed by atoms with Crippen molar-refractivity contribution in [2.45, 2.75) is 57.8 Å². The van der Waals surface area contributed by atoms with Gasteiger partial charge in [0.15, 0.2) is 8.32 Å². The van der Waals surface area contributed by atoms with Crippen molar-refractivity contribution in [3.63, 3.8) is 0 Å². The van der Waals surface area contributed by atoms with E-state index < -0.39 is 20.4 Å². The van der Waals surface area contributed by atoms with Crippen LogP contribution in [0.5, 0.6) is 0 Å². The van der Waals surface area contributed by atoms with Crippen molar-refractivity contribution in [1.29, 1.82) is 0 Å². The molecule has 0 heterocycles. The number of esters is 1. The third-order valence-corrected chi connectivity index (χ3v) is 9.08. The summed E-state index contributed by atoms with van der Waals surface area (Å²) in [6.45, 7) is 11.9. The van der Waals surface area contributed by atoms with Gasteiger partial charge in [0.05, 0.1) is 5.56 Å². The molecule has 1 aromatic carbocycles. The summed E-state index contributed by atoms with van der Waals surface area (Å²) in [5.74, 6) is -0.421. The van der Waals surface area contributed by atoms with Crippen molar-refractivity contribution < 1.29 is 19.1 Å². The number of allylic oxidation sites excluding steroid dienone is 1. The number of carbonyl (C=O) groups is 1. The zero-order chi connectivity index (χ0) is 18.9. The maximum absolute atomic E-state index is 11.8. The molecule has 4 nitrogen and oxygen atoms in total. The van der Waals surface area contributed by atoms with Crippen LogP contribution in [0.1, 0.15) is 44.0 Å². The lowest BCUT2D eigenvalue weighted by atomic mass is 10.2. The standard InChI is InChI=1S/C20H32O4Si/c1-20(2,3)25(4,5)24-15-11-7-10-14-18(21)16-23-19(22)17-12-8-6-9-13-17/h6,8-10,12-14,18,21H,7,11,15-16H2,1-5H3/b14-10+/t18-/m0/s1. The lowest BCUT2D eigenvalue weighted by Gasteiger charge is -2.36. The van der Waals surface area contributed by atoms with Gasteiger partial charge >= 0.3 is 5.97 Å². The largest absolute Gasteiger partial charge is 0.459 e. The molecular formula is C20H32O4Si. The Bertz CT molecular complexity index is 547. The van der Waals surface area contributed by atoms with E-state index in [1.165, 1.54) is 0 Å². The van der Waals surface area contributed by atoms with Crippen LogP contribution in [0.4, 0.5) is 0 Å². The van der Waals surface area contributed by atoms with Gasteiger partial charge in [-0.2, -0.15) is 0 Å². The molecule has 0 fully saturated rings. The summed E-state index contributed by atoms with van der Waals surface area (Å²) in [5.41, 5.74) is 0.487. The van der Waals surface area contributed by atoms with Gasteiger partial charge in [0, 0.05) is 6.61 Å². The van der Waals surface area contributed by atoms with Gasteiger partial charge in [-0.3, -0.25) is 0 Å². The summed E-state index contributed by atoms with van der Waals surface area (Å²) in [7, 11) is -1.68. The maximum atomic E-state index is 11.8. The lowest BCUT2D eigenvalue weighted by Crippen LogP contribution is -2.40. The first kappa shape index (κ1) is 21.6. The summed E-state index contributed by atoms with van der Waals surface area (Å²) < 4.78 is 11.2. The van der Waals surface area contributed by atoms with Crippen molar-refractivity contribution >= 4 is 14.3 Å². The van der Waals surface area contributed by atoms with E-state index in [-0.39, 0.29) is 11.6 Å². The van der Waals surface area contributed by atoms with E-state index >= 15 is 0 Å². The van der Waals surface area contributed by atoms with Gasteiger partial charge in [0.25, 0.3) is 0 Å². The monoisotopic (exact) mass is 364 g/mol. The van der Waals surface area contributed by atoms with E-state index in [0.717, 1.165) is 19.4 Å². The Labute approximate surface area is 153 Å². The first-order chi connectivity index (χ1) is 11.6. The van der Waals surface area contributed by atoms with E-state index in [0.29, 0.717) is 5.56 Å². The fourth-order valence-electron chi connectivity index (χ4n) is 1.87. The zero-order valence-electron chi connectivity index (χ0n) is 16.1. The fraction of sp³-hybridized carbons (Fsp3) is 0.550. The predicted octanol–water partition coefficient (Wildman–Crippen LogP) is 4.56. The van der Waals surface area contributed by atoms with Gasteiger partial charge in [-0.1, -0.05) is 51.1 Å². The van der Waals surface area contributed by atoms with Gasteiger partial charge in [0.1, 0.15) is 12.7 Å². The predicted molar refractivity (Wildman–Crippen MR) is 104 cm³/mol. The third kappa shape index (κ3) is 7.99. The van der Waals surface area contributed by atoms with E-state index in [9.17, 15) is 9.90 Å². The fourth-order valence-corrected chi connectivity index (χ4v) is 2.96. The summed E-state index contributed by atoms with van der Waals surface area (Å²) in [5, 5.41) is 10.1. The van der Waals surface area contributed by atoms with Crippen LogP contribution in [-0.2, 0) is 9.16 Å². The van der Waals surface area contributed by atoms with Crippen molar-refractivity contribution in [1.82, 2.24) is 0 Å². The van der Waals surface area contributed by atoms with Crippen LogP contribution >= 0.6 is 0 Å². The zero-order valence-corrected chi connectivity index (χ0v) is 17.1. The summed E-state index contributed by atoms with van der Waals surface area (Å²) in [6, 6.07) is 8.76. The number of hydrogen-bond acceptors (Lipinski definition) is 4. The minimum absolute atomic E-state index is 0.0370. The van der Waals surface area contributed by atoms with Gasteiger partial charge in [0.2, 0.25) is 0 Å². The van der Waals surface area contributed by atoms with Crippen LogP contribution in [0.2, 0.25) is 18.1 Å². The molecule has 25 heavy (non-hydrogen) atoms. The average molecular weight is 365 g/mol. The molecule has 0 bridgehead atoms. The molecular weight excluding hydrogens is 332 g/mol. The van der Waals surface area contributed by atoms with Crippen molar-refractivity contribution in [2.75, 3.05) is 13.2 Å². The molecule has 0 radical (unpaired) electrons. The van der Waals surface area contributed by atoms with Crippen molar-refractivity contribution in [2.24, 2.45) is 0 Å². The van der Waals surface area contributed by atoms with Gasteiger partial charge in [-0.15, -0.1) is 0 Å². The molecule has 0 aliphatic carbocycles. The highest BCUT2D eigenvalue weighted by molar-refractivity contribution is 6.74. The minimum Gasteiger partial charge on any atom is -0.459 e. The Morgan fingerprint density at radius 2 is 1.88 bits per heavy atom. The Kier molecular flexibility index (Phi) is 8.55. The molecule has 140 valence electrons. The van der Waals surface area contributed by atoms with Crippen LogP contribution in [0, 0.1) is 0 Å². The third-order valence-electron chi connectivity index (χ3n) is 4.54. The average Bonchev–Trinajstić information content (AvgIpc) is 2.55. The molecule has 0 aliphatic heterocycles. The molecule has 0 unspecified atom stereocenters. The minimum atomic E-state index is -1.68. The number of benzene rings is 1. The molecule has 0 aliphatic rings. The molecule has 5 heteroatoms. The lowest BCUT2D eigenvalue weighted by molar-refractivity contribution is 0.0344. The molecule has 1 atom stereocenters. The van der Waals surface area contributed by atoms with Crippen LogP contribution < -0.4 is 0 Å². The number of unbranched alkanes of at least 4 members (excludes halogenated alkanes) is 1. The molecule has 0 amide bonds. The van der Waals surface area contributed by atoms with Gasteiger partial charge < -0.3 is 14.3 Å². The quantitative estimate of drug-likeness (QED) is 0.302. The number of carbonyl (C=O) groups excluding carboxylic acids is 1. The smallest absolute Gasteiger partial charge is 0.338 e. The molecule has 0 saturated carbocycles. The highest BCUT2D eigenvalue weighted by Crippen LogP contribution is 2.36. The van der Waals surface area contributed by atoms with Crippen LogP contribution in [-0.4, -0.2) is 38.7 Å². The second-order valence-corrected chi connectivity index (χ2v) is 12.5. The normalized spacial score (nSPS) is 13.8. The second kappa shape index (κ2) is 9.90. The Morgan fingerprint density at radius 3 is 2.48 bits per heavy atom. The molecule has 0 spiro atoms. The first-order valence-corrected chi connectivity index (χ1v) is 11.8. The molecule has 0 aromatic heterocycles. The number of rotatable bonds is 9. The van der Waals surface area contributed by atoms with E-state index in [4.69, 9.17) is 9.16 Å². The van der Waals surface area contributed by atoms with Gasteiger partial charge in [-0.05, 0) is 43.1 Å². The van der Waals surface area contributed by atoms with E-state index in [1.807, 2.05) is 12.1 Å². The highest BCUT2D eigenvalue weighted by atomic mass is 28.4. The number of aliphatic hydroxyl groups excluding tert-OH is 1. The van der Waals surface area contributed by atoms with Gasteiger partial charge in [-0.25, -0.2) is 4.79 Å². The van der Waals surface area contributed by atoms with E-state index in [2.05, 4.69) is 33.9 Å². The maximum Gasteiger partial charge on any atom is 0.338 e. The molecule has 1 aromatic rings. The topological polar surface area (TPSA) is 55.8 Å². The number of ether oxygens (including phenoxy) is 1. The summed E-state index contributed by atoms with van der Waals surface area (Å²) in [6.07, 6.45) is 4.55. The highest BCUT2D eigenvalue weighted by Gasteiger charge is 2.36. The Hall–Kier alpha value is -1.43. The summed E-state index contributed by atoms with van der Waals surface area (Å²) >= 11 is 0. The van der Waals surface area contributed by atoms with Crippen molar-refractivity contribution in [3.8, 4) is 0 Å². The van der Waals surface area contributed by atoms with Crippen molar-refractivity contribution in [3.05, 3.63) is 48.0 Å². The Morgan fingerprint density at radius 1 is 1.24 bits per heavy atom. The first-order valence-electron chi connectivity index (χ1n) is 8.84. The summed E-state index contributed by atoms with van der Waals surface area (Å²) in [4.78, 5) is 11.8. The molecule has 0 saturated heterocycles. The van der Waals surface area contributed by atoms with Crippen LogP contribution in [0.25, 0.3) is 0 Å². The number of aliphatic hydroxyl groups is 1. The Balaban J connectivity index is 2.21. The molecule has 1 rings (SSSR count). The SMILES string of the molecule is CC(C)(C)[Si](C)(C)OCCC/C=C/[C@H](O)COC(=O)c1ccccc1. The second-order valence-electron chi connectivity index (χ2n) is 7.71. The van der Waals surface area contributed by atoms with Crippen LogP contribution in [0.3, 0.4) is 0 Å². The number of hydrogen-bond donors (Lipinski definition) is 1. The molecule has 1 N–H and O–H groups in total. The van der Waals surface area contributed by atoms with E-state index in [1.54, 1.807) is 30.3 Å².